The standard InChI is InChI=1S/C12H14BrClN2O/c13-9-1-2-11(14)10(5-9)12(17)16-7-8-3-4-15-6-8/h1-2,5,8,15H,3-4,6-7H2,(H,16,17). The fourth-order valence-corrected chi connectivity index (χ4v) is 2.46. The fraction of sp³-hybridized carbons (Fsp3) is 0.417. The van der Waals surface area contributed by atoms with Crippen LogP contribution < -0.4 is 10.6 Å². The molecule has 1 amide bonds. The van der Waals surface area contributed by atoms with Crippen LogP contribution in [0.25, 0.3) is 0 Å². The average Bonchev–Trinajstić information content (AvgIpc) is 2.82. The van der Waals surface area contributed by atoms with Crippen LogP contribution in [0.3, 0.4) is 0 Å². The van der Waals surface area contributed by atoms with Crippen molar-refractivity contribution in [3.63, 3.8) is 0 Å². The van der Waals surface area contributed by atoms with Gasteiger partial charge in [-0.05, 0) is 43.6 Å². The molecule has 0 spiro atoms. The Morgan fingerprint density at radius 2 is 2.41 bits per heavy atom. The Kier molecular flexibility index (Phi) is 4.42. The first-order chi connectivity index (χ1) is 8.16. The smallest absolute Gasteiger partial charge is 0.252 e. The van der Waals surface area contributed by atoms with E-state index in [0.29, 0.717) is 23.0 Å². The van der Waals surface area contributed by atoms with Crippen molar-refractivity contribution in [2.24, 2.45) is 5.92 Å². The first-order valence-corrected chi connectivity index (χ1v) is 6.78. The number of halogens is 2. The molecule has 2 N–H and O–H groups in total. The summed E-state index contributed by atoms with van der Waals surface area (Å²) in [5.41, 5.74) is 0.520. The number of carbonyl (C=O) groups is 1. The highest BCUT2D eigenvalue weighted by Gasteiger charge is 2.16. The third-order valence-electron chi connectivity index (χ3n) is 2.89. The largest absolute Gasteiger partial charge is 0.352 e. The summed E-state index contributed by atoms with van der Waals surface area (Å²) >= 11 is 9.33. The molecule has 1 aliphatic rings. The van der Waals surface area contributed by atoms with Gasteiger partial charge in [-0.1, -0.05) is 27.5 Å². The van der Waals surface area contributed by atoms with Crippen molar-refractivity contribution in [1.82, 2.24) is 10.6 Å². The molecule has 92 valence electrons. The van der Waals surface area contributed by atoms with Gasteiger partial charge in [-0.25, -0.2) is 0 Å². The van der Waals surface area contributed by atoms with Crippen molar-refractivity contribution in [2.75, 3.05) is 19.6 Å². The molecule has 2 rings (SSSR count). The van der Waals surface area contributed by atoms with Crippen molar-refractivity contribution >= 4 is 33.4 Å². The molecule has 0 bridgehead atoms. The van der Waals surface area contributed by atoms with Gasteiger partial charge in [-0.2, -0.15) is 0 Å². The highest BCUT2D eigenvalue weighted by atomic mass is 79.9. The molecular formula is C12H14BrClN2O. The Labute approximate surface area is 114 Å². The molecule has 17 heavy (non-hydrogen) atoms. The van der Waals surface area contributed by atoms with E-state index in [0.717, 1.165) is 24.0 Å². The summed E-state index contributed by atoms with van der Waals surface area (Å²) in [5.74, 6) is 0.424. The van der Waals surface area contributed by atoms with Crippen molar-refractivity contribution in [3.05, 3.63) is 33.3 Å². The fourth-order valence-electron chi connectivity index (χ4n) is 1.89. The van der Waals surface area contributed by atoms with E-state index in [-0.39, 0.29) is 5.91 Å². The summed E-state index contributed by atoms with van der Waals surface area (Å²) in [4.78, 5) is 11.9. The lowest BCUT2D eigenvalue weighted by atomic mass is 10.1. The van der Waals surface area contributed by atoms with Crippen molar-refractivity contribution in [1.29, 1.82) is 0 Å². The molecule has 1 unspecified atom stereocenters. The summed E-state index contributed by atoms with van der Waals surface area (Å²) < 4.78 is 0.856. The van der Waals surface area contributed by atoms with Crippen molar-refractivity contribution in [2.45, 2.75) is 6.42 Å². The highest BCUT2D eigenvalue weighted by molar-refractivity contribution is 9.10. The second-order valence-corrected chi connectivity index (χ2v) is 5.52. The van der Waals surface area contributed by atoms with Crippen LogP contribution in [0, 0.1) is 5.92 Å². The second-order valence-electron chi connectivity index (χ2n) is 4.19. The van der Waals surface area contributed by atoms with Crippen LogP contribution in [0.4, 0.5) is 0 Å². The van der Waals surface area contributed by atoms with E-state index in [1.54, 1.807) is 12.1 Å². The normalized spacial score (nSPS) is 19.3. The molecule has 1 aromatic rings. The monoisotopic (exact) mass is 316 g/mol. The average molecular weight is 318 g/mol. The third kappa shape index (κ3) is 3.44. The molecule has 1 aliphatic heterocycles. The van der Waals surface area contributed by atoms with Gasteiger partial charge < -0.3 is 10.6 Å². The second kappa shape index (κ2) is 5.85. The van der Waals surface area contributed by atoms with Crippen LogP contribution in [-0.2, 0) is 0 Å². The number of carbonyl (C=O) groups excluding carboxylic acids is 1. The lowest BCUT2D eigenvalue weighted by Gasteiger charge is -2.11. The predicted octanol–water partition coefficient (Wildman–Crippen LogP) is 2.44. The Morgan fingerprint density at radius 1 is 1.59 bits per heavy atom. The van der Waals surface area contributed by atoms with E-state index in [1.807, 2.05) is 6.07 Å². The SMILES string of the molecule is O=C(NCC1CCNC1)c1cc(Br)ccc1Cl. The van der Waals surface area contributed by atoms with Gasteiger partial charge in [0.25, 0.3) is 5.91 Å². The van der Waals surface area contributed by atoms with Crippen LogP contribution in [0.5, 0.6) is 0 Å². The summed E-state index contributed by atoms with van der Waals surface area (Å²) in [6, 6.07) is 5.28. The molecule has 1 saturated heterocycles. The maximum absolute atomic E-state index is 11.9. The van der Waals surface area contributed by atoms with Gasteiger partial charge >= 0.3 is 0 Å². The molecule has 1 atom stereocenters. The molecule has 5 heteroatoms. The predicted molar refractivity (Wildman–Crippen MR) is 72.5 cm³/mol. The molecule has 0 aromatic heterocycles. The van der Waals surface area contributed by atoms with E-state index >= 15 is 0 Å². The highest BCUT2D eigenvalue weighted by Crippen LogP contribution is 2.21. The summed E-state index contributed by atoms with van der Waals surface area (Å²) in [6.45, 7) is 2.72. The zero-order valence-corrected chi connectivity index (χ0v) is 11.6. The minimum absolute atomic E-state index is 0.108. The first kappa shape index (κ1) is 12.9. The molecule has 3 nitrogen and oxygen atoms in total. The molecule has 0 aliphatic carbocycles. The maximum Gasteiger partial charge on any atom is 0.252 e. The lowest BCUT2D eigenvalue weighted by Crippen LogP contribution is -2.30. The Balaban J connectivity index is 1.96. The molecular weight excluding hydrogens is 304 g/mol. The van der Waals surface area contributed by atoms with Gasteiger partial charge in [-0.15, -0.1) is 0 Å². The van der Waals surface area contributed by atoms with E-state index in [4.69, 9.17) is 11.6 Å². The van der Waals surface area contributed by atoms with Gasteiger partial charge in [0, 0.05) is 11.0 Å². The van der Waals surface area contributed by atoms with Gasteiger partial charge in [-0.3, -0.25) is 4.79 Å². The van der Waals surface area contributed by atoms with Crippen LogP contribution in [0.2, 0.25) is 5.02 Å². The zero-order valence-electron chi connectivity index (χ0n) is 9.30. The van der Waals surface area contributed by atoms with E-state index in [9.17, 15) is 4.79 Å². The maximum atomic E-state index is 11.9. The van der Waals surface area contributed by atoms with Crippen LogP contribution in [0.15, 0.2) is 22.7 Å². The number of rotatable bonds is 3. The Hall–Kier alpha value is -0.580. The minimum atomic E-state index is -0.108. The van der Waals surface area contributed by atoms with Crippen LogP contribution in [0.1, 0.15) is 16.8 Å². The topological polar surface area (TPSA) is 41.1 Å². The van der Waals surface area contributed by atoms with Gasteiger partial charge in [0.2, 0.25) is 0 Å². The number of amides is 1. The number of benzene rings is 1. The van der Waals surface area contributed by atoms with Crippen molar-refractivity contribution < 1.29 is 4.79 Å². The molecule has 1 aromatic carbocycles. The molecule has 0 saturated carbocycles. The minimum Gasteiger partial charge on any atom is -0.352 e. The number of hydrogen-bond donors (Lipinski definition) is 2. The first-order valence-electron chi connectivity index (χ1n) is 5.61. The van der Waals surface area contributed by atoms with Gasteiger partial charge in [0.15, 0.2) is 0 Å². The van der Waals surface area contributed by atoms with Crippen LogP contribution >= 0.6 is 27.5 Å². The van der Waals surface area contributed by atoms with Gasteiger partial charge in [0.1, 0.15) is 0 Å². The van der Waals surface area contributed by atoms with E-state index in [2.05, 4.69) is 26.6 Å². The van der Waals surface area contributed by atoms with E-state index < -0.39 is 0 Å². The molecule has 1 fully saturated rings. The van der Waals surface area contributed by atoms with Crippen LogP contribution in [-0.4, -0.2) is 25.5 Å². The summed E-state index contributed by atoms with van der Waals surface area (Å²) in [5, 5.41) is 6.68. The zero-order chi connectivity index (χ0) is 12.3. The Morgan fingerprint density at radius 3 is 3.12 bits per heavy atom. The van der Waals surface area contributed by atoms with E-state index in [1.165, 1.54) is 0 Å². The van der Waals surface area contributed by atoms with Gasteiger partial charge in [0.05, 0.1) is 10.6 Å². The number of hydrogen-bond acceptors (Lipinski definition) is 2. The quantitative estimate of drug-likeness (QED) is 0.899. The molecule has 1 heterocycles. The summed E-state index contributed by atoms with van der Waals surface area (Å²) in [7, 11) is 0. The number of nitrogens with one attached hydrogen (secondary N) is 2. The Bertz CT molecular complexity index is 419. The summed E-state index contributed by atoms with van der Waals surface area (Å²) in [6.07, 6.45) is 1.12. The third-order valence-corrected chi connectivity index (χ3v) is 3.71. The molecule has 0 radical (unpaired) electrons. The van der Waals surface area contributed by atoms with Crippen molar-refractivity contribution in [3.8, 4) is 0 Å². The lowest BCUT2D eigenvalue weighted by molar-refractivity contribution is 0.0948.